The van der Waals surface area contributed by atoms with Crippen molar-refractivity contribution in [2.45, 2.75) is 6.04 Å². The van der Waals surface area contributed by atoms with Crippen LogP contribution in [-0.2, 0) is 9.59 Å². The maximum absolute atomic E-state index is 12.8. The zero-order valence-electron chi connectivity index (χ0n) is 15.9. The Morgan fingerprint density at radius 3 is 2.31 bits per heavy atom. The number of ether oxygens (including phenoxy) is 2. The molecule has 29 heavy (non-hydrogen) atoms. The van der Waals surface area contributed by atoms with Crippen molar-refractivity contribution in [2.24, 2.45) is 0 Å². The van der Waals surface area contributed by atoms with Crippen molar-refractivity contribution in [3.8, 4) is 11.5 Å². The smallest absolute Gasteiger partial charge is 0.295 e. The zero-order valence-corrected chi connectivity index (χ0v) is 17.5. The highest BCUT2D eigenvalue weighted by Crippen LogP contribution is 2.41. The molecule has 1 aliphatic rings. The summed E-state index contributed by atoms with van der Waals surface area (Å²) in [4.78, 5) is 26.6. The molecular formula is C21H20BrNO6. The molecule has 152 valence electrons. The van der Waals surface area contributed by atoms with Crippen LogP contribution in [0.4, 0.5) is 0 Å². The summed E-state index contributed by atoms with van der Waals surface area (Å²) in [6.45, 7) is -0.379. The number of halogens is 1. The molecule has 8 heteroatoms. The Balaban J connectivity index is 2.20. The molecule has 0 radical (unpaired) electrons. The lowest BCUT2D eigenvalue weighted by atomic mass is 9.95. The minimum Gasteiger partial charge on any atom is -0.507 e. The molecule has 1 saturated heterocycles. The second-order valence-corrected chi connectivity index (χ2v) is 7.25. The molecule has 2 aromatic carbocycles. The molecule has 0 saturated carbocycles. The molecule has 0 spiro atoms. The van der Waals surface area contributed by atoms with Crippen LogP contribution in [0.5, 0.6) is 11.5 Å². The predicted octanol–water partition coefficient (Wildman–Crippen LogP) is 2.88. The maximum Gasteiger partial charge on any atom is 0.295 e. The Bertz CT molecular complexity index is 970. The van der Waals surface area contributed by atoms with Crippen LogP contribution in [0.25, 0.3) is 5.76 Å². The first-order valence-electron chi connectivity index (χ1n) is 8.80. The minimum atomic E-state index is -0.870. The van der Waals surface area contributed by atoms with Gasteiger partial charge in [0.15, 0.2) is 11.5 Å². The third-order valence-electron chi connectivity index (χ3n) is 4.72. The number of amides is 1. The highest BCUT2D eigenvalue weighted by atomic mass is 79.9. The van der Waals surface area contributed by atoms with E-state index in [1.165, 1.54) is 19.1 Å². The van der Waals surface area contributed by atoms with Crippen molar-refractivity contribution < 1.29 is 29.3 Å². The van der Waals surface area contributed by atoms with Crippen molar-refractivity contribution in [3.63, 3.8) is 0 Å². The topological polar surface area (TPSA) is 96.3 Å². The van der Waals surface area contributed by atoms with Crippen LogP contribution in [0.3, 0.4) is 0 Å². The number of likely N-dealkylation sites (tertiary alicyclic amines) is 1. The number of carbonyl (C=O) groups excluding carboxylic acids is 2. The summed E-state index contributed by atoms with van der Waals surface area (Å²) in [6, 6.07) is 10.9. The van der Waals surface area contributed by atoms with Gasteiger partial charge in [-0.15, -0.1) is 0 Å². The fourth-order valence-electron chi connectivity index (χ4n) is 3.35. The van der Waals surface area contributed by atoms with Gasteiger partial charge >= 0.3 is 0 Å². The van der Waals surface area contributed by atoms with E-state index in [0.717, 1.165) is 4.47 Å². The Morgan fingerprint density at radius 2 is 1.72 bits per heavy atom. The minimum absolute atomic E-state index is 0.0435. The summed E-state index contributed by atoms with van der Waals surface area (Å²) in [6.07, 6.45) is 0. The Kier molecular flexibility index (Phi) is 6.24. The van der Waals surface area contributed by atoms with Gasteiger partial charge in [0, 0.05) is 16.6 Å². The standard InChI is InChI=1S/C21H20BrNO6/c1-28-15-8-5-13(11-16(15)29-2)18-17(20(26)21(27)23(18)9-10-24)19(25)12-3-6-14(22)7-4-12/h3-8,11,18,24-25H,9-10H2,1-2H3/b19-17+/t18-/m0/s1. The van der Waals surface area contributed by atoms with E-state index in [4.69, 9.17) is 9.47 Å². The summed E-state index contributed by atoms with van der Waals surface area (Å²) in [5, 5.41) is 20.3. The number of ketones is 1. The van der Waals surface area contributed by atoms with Gasteiger partial charge in [0.05, 0.1) is 32.4 Å². The number of hydrogen-bond donors (Lipinski definition) is 2. The fraction of sp³-hybridized carbons (Fsp3) is 0.238. The van der Waals surface area contributed by atoms with Gasteiger partial charge in [-0.3, -0.25) is 9.59 Å². The molecule has 7 nitrogen and oxygen atoms in total. The maximum atomic E-state index is 12.8. The van der Waals surface area contributed by atoms with Crippen LogP contribution in [-0.4, -0.2) is 54.2 Å². The second-order valence-electron chi connectivity index (χ2n) is 6.34. The first-order valence-corrected chi connectivity index (χ1v) is 9.59. The third kappa shape index (κ3) is 3.86. The van der Waals surface area contributed by atoms with E-state index >= 15 is 0 Å². The lowest BCUT2D eigenvalue weighted by molar-refractivity contribution is -0.140. The number of aliphatic hydroxyl groups is 2. The van der Waals surface area contributed by atoms with E-state index in [9.17, 15) is 19.8 Å². The molecule has 0 unspecified atom stereocenters. The molecule has 2 N–H and O–H groups in total. The lowest BCUT2D eigenvalue weighted by Crippen LogP contribution is -2.32. The predicted molar refractivity (Wildman–Crippen MR) is 110 cm³/mol. The average Bonchev–Trinajstić information content (AvgIpc) is 2.98. The summed E-state index contributed by atoms with van der Waals surface area (Å²) < 4.78 is 11.4. The third-order valence-corrected chi connectivity index (χ3v) is 5.25. The molecule has 0 aliphatic carbocycles. The Hall–Kier alpha value is -2.84. The van der Waals surface area contributed by atoms with E-state index in [0.29, 0.717) is 22.6 Å². The molecule has 1 atom stereocenters. The van der Waals surface area contributed by atoms with Crippen molar-refractivity contribution in [1.82, 2.24) is 4.90 Å². The van der Waals surface area contributed by atoms with Crippen molar-refractivity contribution >= 4 is 33.4 Å². The van der Waals surface area contributed by atoms with Gasteiger partial charge < -0.3 is 24.6 Å². The number of Topliss-reactive ketones (excluding diaryl/α,β-unsaturated/α-hetero) is 1. The zero-order chi connectivity index (χ0) is 21.1. The molecule has 2 aromatic rings. The van der Waals surface area contributed by atoms with E-state index in [1.807, 2.05) is 0 Å². The van der Waals surface area contributed by atoms with Crippen molar-refractivity contribution in [1.29, 1.82) is 0 Å². The van der Waals surface area contributed by atoms with Gasteiger partial charge in [-0.05, 0) is 29.8 Å². The normalized spacial score (nSPS) is 18.2. The van der Waals surface area contributed by atoms with Crippen molar-refractivity contribution in [2.75, 3.05) is 27.4 Å². The number of benzene rings is 2. The monoisotopic (exact) mass is 461 g/mol. The summed E-state index contributed by atoms with van der Waals surface area (Å²) in [7, 11) is 2.98. The molecule has 1 aliphatic heterocycles. The van der Waals surface area contributed by atoms with E-state index < -0.39 is 17.7 Å². The molecule has 3 rings (SSSR count). The van der Waals surface area contributed by atoms with Crippen LogP contribution in [0.15, 0.2) is 52.5 Å². The SMILES string of the molecule is COc1ccc([C@H]2/C(=C(\O)c3ccc(Br)cc3)C(=O)C(=O)N2CCO)cc1OC. The van der Waals surface area contributed by atoms with Crippen LogP contribution in [0.2, 0.25) is 0 Å². The number of methoxy groups -OCH3 is 2. The highest BCUT2D eigenvalue weighted by Gasteiger charge is 2.46. The van der Waals surface area contributed by atoms with Crippen LogP contribution in [0.1, 0.15) is 17.2 Å². The van der Waals surface area contributed by atoms with E-state index in [2.05, 4.69) is 15.9 Å². The summed E-state index contributed by atoms with van der Waals surface area (Å²) in [5.74, 6) is -0.960. The molecule has 0 aromatic heterocycles. The van der Waals surface area contributed by atoms with Crippen LogP contribution < -0.4 is 9.47 Å². The molecule has 1 amide bonds. The van der Waals surface area contributed by atoms with E-state index in [1.54, 1.807) is 42.5 Å². The number of aliphatic hydroxyl groups excluding tert-OH is 2. The van der Waals surface area contributed by atoms with Gasteiger partial charge in [0.25, 0.3) is 11.7 Å². The number of carbonyl (C=O) groups is 2. The highest BCUT2D eigenvalue weighted by molar-refractivity contribution is 9.10. The molecule has 1 heterocycles. The first kappa shape index (κ1) is 20.9. The lowest BCUT2D eigenvalue weighted by Gasteiger charge is -2.25. The van der Waals surface area contributed by atoms with Gasteiger partial charge in [-0.25, -0.2) is 0 Å². The molecule has 0 bridgehead atoms. The number of nitrogens with zero attached hydrogens (tertiary/aromatic N) is 1. The number of rotatable bonds is 6. The van der Waals surface area contributed by atoms with Crippen LogP contribution in [0, 0.1) is 0 Å². The van der Waals surface area contributed by atoms with Gasteiger partial charge in [-0.1, -0.05) is 34.1 Å². The van der Waals surface area contributed by atoms with Crippen molar-refractivity contribution in [3.05, 3.63) is 63.6 Å². The molecule has 1 fully saturated rings. The average molecular weight is 462 g/mol. The Morgan fingerprint density at radius 1 is 1.07 bits per heavy atom. The number of hydrogen-bond acceptors (Lipinski definition) is 6. The Labute approximate surface area is 176 Å². The van der Waals surface area contributed by atoms with Crippen LogP contribution >= 0.6 is 15.9 Å². The number of β-amino-alcohol motifs (C(OH)–C–C–N with tert-alkyl or cyclic N) is 1. The van der Waals surface area contributed by atoms with E-state index in [-0.39, 0.29) is 24.5 Å². The first-order chi connectivity index (χ1) is 13.9. The molecular weight excluding hydrogens is 442 g/mol. The summed E-state index contributed by atoms with van der Waals surface area (Å²) in [5.41, 5.74) is 0.910. The van der Waals surface area contributed by atoms with Gasteiger partial charge in [0.1, 0.15) is 5.76 Å². The second kappa shape index (κ2) is 8.67. The fourth-order valence-corrected chi connectivity index (χ4v) is 3.62. The largest absolute Gasteiger partial charge is 0.507 e. The van der Waals surface area contributed by atoms with Gasteiger partial charge in [-0.2, -0.15) is 0 Å². The van der Waals surface area contributed by atoms with Gasteiger partial charge in [0.2, 0.25) is 0 Å². The summed E-state index contributed by atoms with van der Waals surface area (Å²) >= 11 is 3.33. The quantitative estimate of drug-likeness (QED) is 0.390.